The molecule has 0 aromatic rings. The fraction of sp³-hybridized carbons (Fsp3) is 0.931. The van der Waals surface area contributed by atoms with Gasteiger partial charge >= 0.3 is 5.97 Å². The number of Topliss-reactive ketones (excluding diaryl/α,β-unsaturated/α-hetero) is 1. The molecule has 184 valence electrons. The first-order valence-electron chi connectivity index (χ1n) is 14.3. The van der Waals surface area contributed by atoms with Crippen molar-refractivity contribution < 1.29 is 14.3 Å². The molecule has 3 aliphatic rings. The summed E-state index contributed by atoms with van der Waals surface area (Å²) in [6.07, 6.45) is 22.4. The number of carbonyl (C=O) groups excluding carboxylic acids is 2. The third kappa shape index (κ3) is 7.59. The van der Waals surface area contributed by atoms with Gasteiger partial charge in [0.05, 0.1) is 6.61 Å². The summed E-state index contributed by atoms with van der Waals surface area (Å²) in [5.74, 6) is 3.57. The Balaban J connectivity index is 1.34. The van der Waals surface area contributed by atoms with Crippen LogP contribution >= 0.6 is 0 Å². The maximum Gasteiger partial charge on any atom is 0.316 e. The van der Waals surface area contributed by atoms with Gasteiger partial charge in [0.2, 0.25) is 0 Å². The molecule has 0 heterocycles. The summed E-state index contributed by atoms with van der Waals surface area (Å²) in [6, 6.07) is 0. The second-order valence-corrected chi connectivity index (χ2v) is 11.4. The Kier molecular flexibility index (Phi) is 11.1. The molecule has 0 bridgehead atoms. The van der Waals surface area contributed by atoms with Gasteiger partial charge in [0.1, 0.15) is 11.7 Å². The lowest BCUT2D eigenvalue weighted by atomic mass is 9.64. The van der Waals surface area contributed by atoms with Crippen molar-refractivity contribution in [3.8, 4) is 0 Å². The van der Waals surface area contributed by atoms with Crippen LogP contribution in [-0.2, 0) is 14.3 Å². The van der Waals surface area contributed by atoms with Gasteiger partial charge < -0.3 is 4.74 Å². The highest BCUT2D eigenvalue weighted by Crippen LogP contribution is 2.46. The Morgan fingerprint density at radius 2 is 1.25 bits per heavy atom. The smallest absolute Gasteiger partial charge is 0.316 e. The van der Waals surface area contributed by atoms with E-state index < -0.39 is 5.92 Å². The van der Waals surface area contributed by atoms with Crippen molar-refractivity contribution in [2.45, 2.75) is 129 Å². The van der Waals surface area contributed by atoms with E-state index in [1.54, 1.807) is 0 Å². The van der Waals surface area contributed by atoms with E-state index >= 15 is 0 Å². The molecular formula is C29H50O3. The summed E-state index contributed by atoms with van der Waals surface area (Å²) in [5, 5.41) is 0. The molecule has 3 fully saturated rings. The van der Waals surface area contributed by atoms with Crippen LogP contribution in [0.4, 0.5) is 0 Å². The molecule has 2 atom stereocenters. The number of rotatable bonds is 11. The minimum absolute atomic E-state index is 0.158. The molecule has 0 spiro atoms. The van der Waals surface area contributed by atoms with Crippen molar-refractivity contribution in [1.82, 2.24) is 0 Å². The summed E-state index contributed by atoms with van der Waals surface area (Å²) in [4.78, 5) is 25.0. The Bertz CT molecular complexity index is 555. The third-order valence-electron chi connectivity index (χ3n) is 9.21. The minimum Gasteiger partial charge on any atom is -0.465 e. The first kappa shape index (κ1) is 25.8. The fourth-order valence-electron chi connectivity index (χ4n) is 7.04. The molecule has 3 rings (SSSR count). The summed E-state index contributed by atoms with van der Waals surface area (Å²) in [7, 11) is 0. The van der Waals surface area contributed by atoms with Gasteiger partial charge in [-0.3, -0.25) is 9.59 Å². The number of unbranched alkanes of at least 4 members (excludes halogenated alkanes) is 4. The number of esters is 1. The van der Waals surface area contributed by atoms with E-state index in [0.29, 0.717) is 24.9 Å². The highest BCUT2D eigenvalue weighted by molar-refractivity contribution is 5.99. The number of ether oxygens (including phenoxy) is 1. The normalized spacial score (nSPS) is 33.8. The third-order valence-corrected chi connectivity index (χ3v) is 9.21. The van der Waals surface area contributed by atoms with Gasteiger partial charge in [-0.1, -0.05) is 65.2 Å². The lowest BCUT2D eigenvalue weighted by Crippen LogP contribution is -2.36. The molecular weight excluding hydrogens is 396 g/mol. The molecule has 3 heteroatoms. The largest absolute Gasteiger partial charge is 0.465 e. The predicted molar refractivity (Wildman–Crippen MR) is 131 cm³/mol. The van der Waals surface area contributed by atoms with Gasteiger partial charge in [-0.25, -0.2) is 0 Å². The average molecular weight is 447 g/mol. The Labute approximate surface area is 197 Å². The molecule has 3 nitrogen and oxygen atoms in total. The van der Waals surface area contributed by atoms with E-state index in [2.05, 4.69) is 13.8 Å². The van der Waals surface area contributed by atoms with Crippen molar-refractivity contribution in [2.24, 2.45) is 35.5 Å². The van der Waals surface area contributed by atoms with Gasteiger partial charge in [-0.15, -0.1) is 0 Å². The Morgan fingerprint density at radius 3 is 1.84 bits per heavy atom. The van der Waals surface area contributed by atoms with Crippen molar-refractivity contribution in [2.75, 3.05) is 6.61 Å². The zero-order valence-electron chi connectivity index (χ0n) is 21.1. The molecule has 0 saturated heterocycles. The van der Waals surface area contributed by atoms with Crippen LogP contribution in [0.5, 0.6) is 0 Å². The van der Waals surface area contributed by atoms with E-state index in [1.807, 2.05) is 0 Å². The van der Waals surface area contributed by atoms with E-state index in [1.165, 1.54) is 77.0 Å². The van der Waals surface area contributed by atoms with Gasteiger partial charge in [-0.05, 0) is 87.4 Å². The summed E-state index contributed by atoms with van der Waals surface area (Å²) < 4.78 is 5.39. The fourth-order valence-corrected chi connectivity index (χ4v) is 7.04. The highest BCUT2D eigenvalue weighted by Gasteiger charge is 2.39. The molecule has 2 unspecified atom stereocenters. The number of ketones is 1. The van der Waals surface area contributed by atoms with Crippen molar-refractivity contribution in [3.05, 3.63) is 0 Å². The molecule has 3 aliphatic carbocycles. The van der Waals surface area contributed by atoms with Crippen LogP contribution in [-0.4, -0.2) is 18.4 Å². The summed E-state index contributed by atoms with van der Waals surface area (Å²) >= 11 is 0. The van der Waals surface area contributed by atoms with Crippen LogP contribution in [0.15, 0.2) is 0 Å². The molecule has 0 aliphatic heterocycles. The summed E-state index contributed by atoms with van der Waals surface area (Å²) in [6.45, 7) is 4.92. The maximum absolute atomic E-state index is 12.7. The van der Waals surface area contributed by atoms with Crippen LogP contribution < -0.4 is 0 Å². The first-order chi connectivity index (χ1) is 15.6. The number of carbonyl (C=O) groups is 2. The second kappa shape index (κ2) is 13.8. The van der Waals surface area contributed by atoms with Crippen LogP contribution in [0.3, 0.4) is 0 Å². The molecule has 3 saturated carbocycles. The van der Waals surface area contributed by atoms with E-state index in [4.69, 9.17) is 4.74 Å². The van der Waals surface area contributed by atoms with Crippen LogP contribution in [0.25, 0.3) is 0 Å². The van der Waals surface area contributed by atoms with Crippen LogP contribution in [0, 0.1) is 35.5 Å². The number of hydrogen-bond donors (Lipinski definition) is 0. The maximum atomic E-state index is 12.7. The monoisotopic (exact) mass is 446 g/mol. The van der Waals surface area contributed by atoms with Gasteiger partial charge in [-0.2, -0.15) is 0 Å². The van der Waals surface area contributed by atoms with Gasteiger partial charge in [0.15, 0.2) is 0 Å². The average Bonchev–Trinajstić information content (AvgIpc) is 2.82. The van der Waals surface area contributed by atoms with Gasteiger partial charge in [0, 0.05) is 6.42 Å². The standard InChI is InChI=1S/C29H50O3/c1-3-5-7-9-22-10-12-23(13-11-22)24-14-16-25(17-15-24)26-18-19-27(28(30)21-26)29(31)32-20-8-6-4-2/h22-27H,3-21H2,1-2H3. The topological polar surface area (TPSA) is 43.4 Å². The van der Waals surface area contributed by atoms with Crippen LogP contribution in [0.1, 0.15) is 129 Å². The van der Waals surface area contributed by atoms with Crippen LogP contribution in [0.2, 0.25) is 0 Å². The lowest BCUT2D eigenvalue weighted by molar-refractivity contribution is -0.154. The van der Waals surface area contributed by atoms with Crippen molar-refractivity contribution in [1.29, 1.82) is 0 Å². The first-order valence-corrected chi connectivity index (χ1v) is 14.3. The number of hydrogen-bond acceptors (Lipinski definition) is 3. The predicted octanol–water partition coefficient (Wildman–Crippen LogP) is 7.90. The van der Waals surface area contributed by atoms with Gasteiger partial charge in [0.25, 0.3) is 0 Å². The van der Waals surface area contributed by atoms with E-state index in [9.17, 15) is 9.59 Å². The zero-order chi connectivity index (χ0) is 22.8. The quantitative estimate of drug-likeness (QED) is 0.184. The molecule has 0 amide bonds. The SMILES string of the molecule is CCCCCOC(=O)C1CCC(C2CCC(C3CCC(CCCCC)CC3)CC2)CC1=O. The second-order valence-electron chi connectivity index (χ2n) is 11.4. The molecule has 0 aromatic heterocycles. The Hall–Kier alpha value is -0.860. The minimum atomic E-state index is -0.475. The molecule has 32 heavy (non-hydrogen) atoms. The van der Waals surface area contributed by atoms with Crippen molar-refractivity contribution >= 4 is 11.8 Å². The Morgan fingerprint density at radius 1 is 0.719 bits per heavy atom. The van der Waals surface area contributed by atoms with E-state index in [-0.39, 0.29) is 11.8 Å². The van der Waals surface area contributed by atoms with E-state index in [0.717, 1.165) is 49.9 Å². The van der Waals surface area contributed by atoms with Crippen molar-refractivity contribution in [3.63, 3.8) is 0 Å². The lowest BCUT2D eigenvalue weighted by Gasteiger charge is -2.41. The molecule has 0 aromatic carbocycles. The molecule has 0 N–H and O–H groups in total. The highest BCUT2D eigenvalue weighted by atomic mass is 16.5. The molecule has 0 radical (unpaired) electrons. The zero-order valence-corrected chi connectivity index (χ0v) is 21.1. The summed E-state index contributed by atoms with van der Waals surface area (Å²) in [5.41, 5.74) is 0.